The van der Waals surface area contributed by atoms with Crippen LogP contribution < -0.4 is 0 Å². The Morgan fingerprint density at radius 3 is 1.42 bits per heavy atom. The third kappa shape index (κ3) is 3.00. The van der Waals surface area contributed by atoms with Gasteiger partial charge in [-0.05, 0) is 6.92 Å². The lowest BCUT2D eigenvalue weighted by molar-refractivity contribution is -0.506. The molecule has 0 N–H and O–H groups in total. The van der Waals surface area contributed by atoms with E-state index in [4.69, 9.17) is 0 Å². The molecule has 0 aliphatic carbocycles. The normalized spacial score (nSPS) is 36.2. The molecule has 3 nitrogen and oxygen atoms in total. The summed E-state index contributed by atoms with van der Waals surface area (Å²) in [6, 6.07) is 0. The molecule has 1 heterocycles. The van der Waals surface area contributed by atoms with Gasteiger partial charge < -0.3 is 0 Å². The van der Waals surface area contributed by atoms with Crippen LogP contribution in [-0.2, 0) is 14.2 Å². The molecule has 0 aromatic heterocycles. The van der Waals surface area contributed by atoms with Gasteiger partial charge >= 0.3 is 30.4 Å². The molecule has 144 valence electrons. The smallest absolute Gasteiger partial charge is 0.296 e. The minimum absolute atomic E-state index is 0.280. The second-order valence-corrected chi connectivity index (χ2v) is 4.79. The van der Waals surface area contributed by atoms with Crippen molar-refractivity contribution in [2.75, 3.05) is 0 Å². The third-order valence-electron chi connectivity index (χ3n) is 2.86. The second kappa shape index (κ2) is 5.03. The number of hydrogen-bond donors (Lipinski definition) is 0. The van der Waals surface area contributed by atoms with Crippen molar-refractivity contribution in [3.8, 4) is 0 Å². The molecule has 0 aromatic carbocycles. The lowest BCUT2D eigenvalue weighted by atomic mass is 10.1. The molecule has 1 saturated heterocycles. The fourth-order valence-corrected chi connectivity index (χ4v) is 1.57. The van der Waals surface area contributed by atoms with Crippen molar-refractivity contribution in [3.63, 3.8) is 0 Å². The lowest BCUT2D eigenvalue weighted by Crippen LogP contribution is -2.65. The Morgan fingerprint density at radius 1 is 0.750 bits per heavy atom. The summed E-state index contributed by atoms with van der Waals surface area (Å²) in [4.78, 5) is 0. The zero-order chi connectivity index (χ0) is 19.6. The van der Waals surface area contributed by atoms with Crippen LogP contribution in [0.2, 0.25) is 0 Å². The highest BCUT2D eigenvalue weighted by Crippen LogP contribution is 2.62. The van der Waals surface area contributed by atoms with E-state index in [9.17, 15) is 52.7 Å². The predicted molar refractivity (Wildman–Crippen MR) is 47.0 cm³/mol. The first kappa shape index (κ1) is 21.1. The zero-order valence-electron chi connectivity index (χ0n) is 11.3. The average Bonchev–Trinajstić information content (AvgIpc) is 2.44. The molecule has 0 amide bonds. The molecule has 1 rings (SSSR count). The Morgan fingerprint density at radius 2 is 1.12 bits per heavy atom. The molecule has 0 spiro atoms. The topological polar surface area (TPSA) is 27.7 Å². The number of hydrogen-bond acceptors (Lipinski definition) is 3. The van der Waals surface area contributed by atoms with Crippen molar-refractivity contribution in [2.45, 2.75) is 55.9 Å². The number of halogens is 12. The van der Waals surface area contributed by atoms with Gasteiger partial charge in [0.1, 0.15) is 0 Å². The van der Waals surface area contributed by atoms with Gasteiger partial charge in [-0.2, -0.15) is 30.7 Å². The summed E-state index contributed by atoms with van der Waals surface area (Å²) >= 11 is 0. The van der Waals surface area contributed by atoms with Crippen molar-refractivity contribution < 1.29 is 66.9 Å². The molecule has 3 unspecified atom stereocenters. The summed E-state index contributed by atoms with van der Waals surface area (Å²) in [5.74, 6) is -22.0. The molecular weight excluding hydrogens is 384 g/mol. The Bertz CT molecular complexity index is 495. The van der Waals surface area contributed by atoms with Crippen molar-refractivity contribution in [1.82, 2.24) is 0 Å². The molecule has 15 heteroatoms. The van der Waals surface area contributed by atoms with Crippen LogP contribution in [0.4, 0.5) is 52.7 Å². The molecule has 1 aliphatic rings. The highest BCUT2D eigenvalue weighted by molar-refractivity contribution is 5.07. The van der Waals surface area contributed by atoms with Crippen LogP contribution in [0, 0.1) is 0 Å². The molecule has 0 aromatic rings. The third-order valence-corrected chi connectivity index (χ3v) is 2.86. The minimum atomic E-state index is -6.84. The highest BCUT2D eigenvalue weighted by Gasteiger charge is 2.91. The van der Waals surface area contributed by atoms with Gasteiger partial charge in [0.25, 0.3) is 5.92 Å². The first-order valence-corrected chi connectivity index (χ1v) is 5.49. The molecular formula is C9H6F12O3. The van der Waals surface area contributed by atoms with E-state index in [0.29, 0.717) is 0 Å². The molecule has 24 heavy (non-hydrogen) atoms. The predicted octanol–water partition coefficient (Wildman–Crippen LogP) is 4.43. The fourth-order valence-electron chi connectivity index (χ4n) is 1.57. The first-order chi connectivity index (χ1) is 10.1. The van der Waals surface area contributed by atoms with E-state index >= 15 is 0 Å². The summed E-state index contributed by atoms with van der Waals surface area (Å²) in [6.07, 6.45) is -20.1. The monoisotopic (exact) mass is 390 g/mol. The van der Waals surface area contributed by atoms with Crippen LogP contribution in [0.5, 0.6) is 0 Å². The van der Waals surface area contributed by atoms with Crippen molar-refractivity contribution in [3.05, 3.63) is 0 Å². The van der Waals surface area contributed by atoms with E-state index in [1.165, 1.54) is 0 Å². The molecule has 0 radical (unpaired) electrons. The van der Waals surface area contributed by atoms with Crippen LogP contribution in [0.3, 0.4) is 0 Å². The maximum absolute atomic E-state index is 14.0. The molecule has 1 fully saturated rings. The number of alkyl halides is 12. The van der Waals surface area contributed by atoms with Crippen LogP contribution in [0.1, 0.15) is 13.8 Å². The zero-order valence-corrected chi connectivity index (χ0v) is 11.3. The van der Waals surface area contributed by atoms with Gasteiger partial charge in [0.05, 0.1) is 0 Å². The van der Waals surface area contributed by atoms with Gasteiger partial charge in [-0.1, -0.05) is 0 Å². The van der Waals surface area contributed by atoms with Crippen LogP contribution >= 0.6 is 0 Å². The standard InChI is InChI=1S/C9H6F12O3/c1-3(10,11)4(2)22-5(12,7(14,15)16)6(13,23-4)8(17,18)24-9(19,20)21/h1-2H3. The quantitative estimate of drug-likeness (QED) is 0.668. The van der Waals surface area contributed by atoms with Crippen LogP contribution in [0.15, 0.2) is 0 Å². The van der Waals surface area contributed by atoms with Gasteiger partial charge in [0.2, 0.25) is 5.79 Å². The number of rotatable bonds is 3. The molecule has 3 atom stereocenters. The van der Waals surface area contributed by atoms with E-state index < -0.39 is 42.1 Å². The average molecular weight is 390 g/mol. The lowest BCUT2D eigenvalue weighted by Gasteiger charge is -2.35. The van der Waals surface area contributed by atoms with E-state index in [0.717, 1.165) is 0 Å². The minimum Gasteiger partial charge on any atom is -0.296 e. The summed E-state index contributed by atoms with van der Waals surface area (Å²) < 4.78 is 162. The van der Waals surface area contributed by atoms with Crippen LogP contribution in [0.25, 0.3) is 0 Å². The van der Waals surface area contributed by atoms with Gasteiger partial charge in [0.15, 0.2) is 0 Å². The summed E-state index contributed by atoms with van der Waals surface area (Å²) in [5, 5.41) is 0. The van der Waals surface area contributed by atoms with Crippen molar-refractivity contribution in [2.24, 2.45) is 0 Å². The van der Waals surface area contributed by atoms with E-state index in [1.807, 2.05) is 4.74 Å². The molecule has 0 bridgehead atoms. The maximum atomic E-state index is 14.0. The summed E-state index contributed by atoms with van der Waals surface area (Å²) in [7, 11) is 0. The summed E-state index contributed by atoms with van der Waals surface area (Å²) in [5.41, 5.74) is 0. The molecule has 0 saturated carbocycles. The number of ether oxygens (including phenoxy) is 3. The van der Waals surface area contributed by atoms with E-state index in [1.54, 1.807) is 0 Å². The van der Waals surface area contributed by atoms with E-state index in [-0.39, 0.29) is 13.8 Å². The summed E-state index contributed by atoms with van der Waals surface area (Å²) in [6.45, 7) is -0.615. The van der Waals surface area contributed by atoms with Crippen molar-refractivity contribution >= 4 is 0 Å². The Labute approximate surface area is 124 Å². The maximum Gasteiger partial charge on any atom is 0.527 e. The van der Waals surface area contributed by atoms with Gasteiger partial charge in [-0.3, -0.25) is 9.47 Å². The van der Waals surface area contributed by atoms with Gasteiger partial charge in [0, 0.05) is 6.92 Å². The first-order valence-electron chi connectivity index (χ1n) is 5.49. The Hall–Kier alpha value is -0.960. The van der Waals surface area contributed by atoms with Gasteiger partial charge in [-0.15, -0.1) is 13.2 Å². The molecule has 1 aliphatic heterocycles. The second-order valence-electron chi connectivity index (χ2n) is 4.79. The SMILES string of the molecule is CC(F)(F)C1(C)OC(F)(C(F)(F)F)C(F)(C(F)(F)OC(F)(F)F)O1. The fraction of sp³-hybridized carbons (Fsp3) is 1.00. The van der Waals surface area contributed by atoms with E-state index in [2.05, 4.69) is 9.47 Å². The largest absolute Gasteiger partial charge is 0.527 e. The Balaban J connectivity index is 3.56. The Kier molecular flexibility index (Phi) is 4.42. The van der Waals surface area contributed by atoms with Crippen LogP contribution in [-0.4, -0.2) is 42.1 Å². The highest BCUT2D eigenvalue weighted by atomic mass is 19.4. The van der Waals surface area contributed by atoms with Gasteiger partial charge in [-0.25, -0.2) is 13.5 Å². The van der Waals surface area contributed by atoms with Crippen molar-refractivity contribution in [1.29, 1.82) is 0 Å².